The molecule has 3 atom stereocenters. The molecule has 1 aromatic heterocycles. The molecule has 2 aliphatic heterocycles. The number of carboxylic acid groups (broad SMARTS) is 1. The quantitative estimate of drug-likeness (QED) is 0.0943. The van der Waals surface area contributed by atoms with E-state index in [0.717, 1.165) is 37.9 Å². The highest BCUT2D eigenvalue weighted by Gasteiger charge is 2.43. The Labute approximate surface area is 401 Å². The van der Waals surface area contributed by atoms with Crippen LogP contribution in [0.1, 0.15) is 59.0 Å². The lowest BCUT2D eigenvalue weighted by Crippen LogP contribution is -2.55. The molecule has 0 fully saturated rings. The van der Waals surface area contributed by atoms with Gasteiger partial charge in [0.2, 0.25) is 11.8 Å². The smallest absolute Gasteiger partial charge is 0.326 e. The van der Waals surface area contributed by atoms with E-state index in [2.05, 4.69) is 21.7 Å². The van der Waals surface area contributed by atoms with Gasteiger partial charge in [-0.1, -0.05) is 103 Å². The summed E-state index contributed by atoms with van der Waals surface area (Å²) < 4.78 is 49.0. The van der Waals surface area contributed by atoms with Crippen LogP contribution in [0.5, 0.6) is 17.2 Å². The summed E-state index contributed by atoms with van der Waals surface area (Å²) in [5.41, 5.74) is 5.81. The summed E-state index contributed by atoms with van der Waals surface area (Å²) in [6.07, 6.45) is -0.729. The molecule has 1 unspecified atom stereocenters. The minimum atomic E-state index is -4.51. The number of thiazole rings is 1. The number of ether oxygens (including phenoxy) is 3. The maximum Gasteiger partial charge on any atom is 0.326 e. The van der Waals surface area contributed by atoms with Crippen molar-refractivity contribution in [1.29, 1.82) is 5.26 Å². The van der Waals surface area contributed by atoms with Gasteiger partial charge in [-0.3, -0.25) is 9.59 Å². The molecule has 2 amide bonds. The number of benzene rings is 5. The van der Waals surface area contributed by atoms with Crippen molar-refractivity contribution >= 4 is 67.5 Å². The van der Waals surface area contributed by atoms with Crippen LogP contribution in [0.4, 0.5) is 5.13 Å². The lowest BCUT2D eigenvalue weighted by molar-refractivity contribution is -0.142. The first-order chi connectivity index (χ1) is 32.1. The summed E-state index contributed by atoms with van der Waals surface area (Å²) in [7, 11) is -4.51. The van der Waals surface area contributed by atoms with Crippen molar-refractivity contribution in [2.45, 2.75) is 69.2 Å². The summed E-state index contributed by atoms with van der Waals surface area (Å²) in [6, 6.07) is 29.6. The second-order valence-electron chi connectivity index (χ2n) is 16.4. The van der Waals surface area contributed by atoms with Crippen molar-refractivity contribution < 1.29 is 42.1 Å². The van der Waals surface area contributed by atoms with E-state index >= 15 is 0 Å². The second-order valence-corrected chi connectivity index (χ2v) is 20.3. The van der Waals surface area contributed by atoms with Gasteiger partial charge in [0.1, 0.15) is 31.0 Å². The Kier molecular flexibility index (Phi) is 13.9. The zero-order chi connectivity index (χ0) is 47.6. The Morgan fingerprint density at radius 2 is 1.60 bits per heavy atom. The Morgan fingerprint density at radius 1 is 0.925 bits per heavy atom. The van der Waals surface area contributed by atoms with Crippen molar-refractivity contribution in [2.24, 2.45) is 5.92 Å². The van der Waals surface area contributed by atoms with Crippen molar-refractivity contribution in [3.05, 3.63) is 152 Å². The summed E-state index contributed by atoms with van der Waals surface area (Å²) in [4.78, 5) is 44.0. The van der Waals surface area contributed by atoms with Crippen LogP contribution in [-0.2, 0) is 50.4 Å². The number of anilines is 1. The molecule has 67 heavy (non-hydrogen) atoms. The maximum atomic E-state index is 14.8. The van der Waals surface area contributed by atoms with Gasteiger partial charge in [0, 0.05) is 18.9 Å². The largest absolute Gasteiger partial charge is 0.489 e. The Bertz CT molecular complexity index is 3010. The van der Waals surface area contributed by atoms with Crippen LogP contribution in [0.3, 0.4) is 0 Å². The highest BCUT2D eigenvalue weighted by atomic mass is 35.5. The number of carboxylic acids is 1. The van der Waals surface area contributed by atoms with E-state index in [9.17, 15) is 27.9 Å². The molecule has 14 nitrogen and oxygen atoms in total. The lowest BCUT2D eigenvalue weighted by Gasteiger charge is -2.36. The molecule has 18 heteroatoms. The van der Waals surface area contributed by atoms with Crippen LogP contribution in [0, 0.1) is 24.2 Å². The zero-order valence-corrected chi connectivity index (χ0v) is 39.4. The fourth-order valence-corrected chi connectivity index (χ4v) is 11.1. The molecule has 0 saturated carbocycles. The molecule has 0 aliphatic carbocycles. The van der Waals surface area contributed by atoms with Crippen LogP contribution in [-0.4, -0.2) is 59.3 Å². The summed E-state index contributed by atoms with van der Waals surface area (Å²) in [5, 5.41) is 25.8. The van der Waals surface area contributed by atoms with Gasteiger partial charge in [-0.05, 0) is 101 Å². The number of amides is 2. The first-order valence-corrected chi connectivity index (χ1v) is 24.1. The number of rotatable bonds is 14. The molecular weight excluding hydrogens is 938 g/mol. The van der Waals surface area contributed by atoms with E-state index < -0.39 is 46.0 Å². The Morgan fingerprint density at radius 3 is 2.25 bits per heavy atom. The van der Waals surface area contributed by atoms with Crippen LogP contribution in [0.25, 0.3) is 11.1 Å². The first-order valence-electron chi connectivity index (χ1n) is 21.1. The fourth-order valence-electron chi connectivity index (χ4n) is 7.65. The number of aryl methyl sites for hydroxylation is 1. The van der Waals surface area contributed by atoms with Crippen molar-refractivity contribution in [3.8, 4) is 34.4 Å². The molecule has 2 aliphatic rings. The highest BCUT2D eigenvalue weighted by molar-refractivity contribution is 7.91. The average molecular weight is 981 g/mol. The number of nitrogens with one attached hydrogen (secondary N) is 2. The molecule has 3 heterocycles. The van der Waals surface area contributed by atoms with E-state index in [0.29, 0.717) is 49.5 Å². The third kappa shape index (κ3) is 10.6. The molecule has 344 valence electrons. The van der Waals surface area contributed by atoms with Crippen molar-refractivity contribution in [1.82, 2.24) is 14.6 Å². The summed E-state index contributed by atoms with van der Waals surface area (Å²) in [5.74, 6) is -1.46. The third-order valence-corrected chi connectivity index (χ3v) is 15.6. The monoisotopic (exact) mass is 979 g/mol. The summed E-state index contributed by atoms with van der Waals surface area (Å²) in [6.45, 7) is 5.06. The number of halogens is 2. The van der Waals surface area contributed by atoms with Crippen molar-refractivity contribution in [2.75, 3.05) is 11.9 Å². The molecule has 0 radical (unpaired) electrons. The molecule has 5 aromatic carbocycles. The minimum Gasteiger partial charge on any atom is -0.489 e. The molecule has 0 saturated heterocycles. The first kappa shape index (κ1) is 47.0. The van der Waals surface area contributed by atoms with E-state index in [1.54, 1.807) is 62.4 Å². The van der Waals surface area contributed by atoms with Gasteiger partial charge in [-0.15, -0.1) is 0 Å². The number of nitrogens with zero attached hydrogens (tertiary/aromatic N) is 3. The second kappa shape index (κ2) is 19.8. The molecule has 0 spiro atoms. The third-order valence-electron chi connectivity index (χ3n) is 11.4. The van der Waals surface area contributed by atoms with Crippen molar-refractivity contribution in [3.63, 3.8) is 0 Å². The van der Waals surface area contributed by atoms with Crippen LogP contribution >= 0.6 is 34.5 Å². The number of hydrogen-bond donors (Lipinski definition) is 3. The molecular formula is C49H43Cl2N5O9S2. The molecule has 6 aromatic rings. The number of carbonyl (C=O) groups is 3. The number of carbonyl (C=O) groups excluding carboxylic acids is 2. The average Bonchev–Trinajstić information content (AvgIpc) is 3.70. The fraction of sp³-hybridized carbons (Fsp3) is 0.245. The minimum absolute atomic E-state index is 0.0843. The number of aromatic nitrogens is 1. The van der Waals surface area contributed by atoms with E-state index in [4.69, 9.17) is 42.7 Å². The van der Waals surface area contributed by atoms with Crippen LogP contribution < -0.4 is 24.8 Å². The predicted octanol–water partition coefficient (Wildman–Crippen LogP) is 8.91. The van der Waals surface area contributed by atoms with Gasteiger partial charge in [0.05, 0.1) is 27.4 Å². The van der Waals surface area contributed by atoms with Crippen LogP contribution in [0.15, 0.2) is 107 Å². The zero-order valence-electron chi connectivity index (χ0n) is 36.3. The number of aliphatic carboxylic acids is 1. The topological polar surface area (TPSA) is 197 Å². The summed E-state index contributed by atoms with van der Waals surface area (Å²) >= 11 is 13.0. The van der Waals surface area contributed by atoms with Gasteiger partial charge in [0.15, 0.2) is 26.9 Å². The number of hydrogen-bond acceptors (Lipinski definition) is 11. The molecule has 8 rings (SSSR count). The number of fused-ring (bicyclic) bond motifs is 2. The van der Waals surface area contributed by atoms with Gasteiger partial charge < -0.3 is 30.0 Å². The van der Waals surface area contributed by atoms with Gasteiger partial charge in [-0.25, -0.2) is 18.2 Å². The predicted molar refractivity (Wildman–Crippen MR) is 253 cm³/mol. The SMILES string of the molecule is Cc1nc(NC(=O)C(C)C)sc1S(=O)(=O)N1Cc2cc3c(cc2C[C@H]1C(=O)N[C@@H](Cc1ccc(-c2ccc(C#N)cc2)cc1)C(=O)O)OCC(c1ccc(OCc2ccc(Cl)c(Cl)c2)cc1)O3. The molecule has 3 N–H and O–H groups in total. The number of sulfonamides is 1. The standard InChI is InChI=1S/C49H43Cl2N5O9S2/c1-27(2)45(57)55-49-53-28(3)48(66-49)67(61,62)56-24-36-22-43-42(64-26-44(65-43)34-13-15-37(16-14-34)63-25-31-8-17-38(50)39(51)18-31)21-35(36)20-41(56)46(58)54-40(47(59)60)19-29-4-9-32(10-5-29)33-11-6-30(23-52)7-12-33/h4-18,21-22,27,40-41,44H,19-20,24-26H2,1-3H3,(H,54,58)(H,59,60)(H,53,55,57)/t40-,41-,44?/m0/s1. The normalized spacial score (nSPS) is 16.1. The van der Waals surface area contributed by atoms with Crippen LogP contribution in [0.2, 0.25) is 10.0 Å². The number of nitriles is 1. The maximum absolute atomic E-state index is 14.8. The van der Waals surface area contributed by atoms with E-state index in [1.807, 2.05) is 54.6 Å². The van der Waals surface area contributed by atoms with Gasteiger partial charge in [-0.2, -0.15) is 9.57 Å². The van der Waals surface area contributed by atoms with E-state index in [-0.39, 0.29) is 53.5 Å². The van der Waals surface area contributed by atoms with E-state index in [1.165, 1.54) is 6.92 Å². The molecule has 0 bridgehead atoms. The Hall–Kier alpha value is -6.48. The van der Waals surface area contributed by atoms with Gasteiger partial charge >= 0.3 is 5.97 Å². The van der Waals surface area contributed by atoms with Gasteiger partial charge in [0.25, 0.3) is 10.0 Å². The highest BCUT2D eigenvalue weighted by Crippen LogP contribution is 2.43. The lowest BCUT2D eigenvalue weighted by atomic mass is 9.94. The Balaban J connectivity index is 1.03.